The number of amides is 1. The zero-order chi connectivity index (χ0) is 11.4. The van der Waals surface area contributed by atoms with Crippen LogP contribution in [0.5, 0.6) is 0 Å². The molecular weight excluding hydrogens is 222 g/mol. The van der Waals surface area contributed by atoms with Crippen molar-refractivity contribution in [3.8, 4) is 0 Å². The Morgan fingerprint density at radius 2 is 2.12 bits per heavy atom. The second kappa shape index (κ2) is 5.37. The minimum Gasteiger partial charge on any atom is -0.390 e. The van der Waals surface area contributed by atoms with Gasteiger partial charge in [-0.15, -0.1) is 0 Å². The van der Waals surface area contributed by atoms with E-state index in [-0.39, 0.29) is 11.9 Å². The monoisotopic (exact) mass is 237 g/mol. The van der Waals surface area contributed by atoms with Gasteiger partial charge < -0.3 is 10.4 Å². The van der Waals surface area contributed by atoms with Crippen LogP contribution in [0.25, 0.3) is 0 Å². The van der Waals surface area contributed by atoms with Crippen molar-refractivity contribution in [1.82, 2.24) is 5.32 Å². The van der Waals surface area contributed by atoms with Crippen molar-refractivity contribution >= 4 is 17.7 Å². The van der Waals surface area contributed by atoms with Crippen LogP contribution in [0, 0.1) is 0 Å². The molecule has 0 saturated carbocycles. The lowest BCUT2D eigenvalue weighted by Gasteiger charge is -2.15. The highest BCUT2D eigenvalue weighted by Crippen LogP contribution is 2.18. The average molecular weight is 237 g/mol. The van der Waals surface area contributed by atoms with E-state index in [1.165, 1.54) is 0 Å². The topological polar surface area (TPSA) is 49.3 Å². The van der Waals surface area contributed by atoms with Gasteiger partial charge in [0.2, 0.25) is 5.91 Å². The number of aliphatic hydroxyl groups is 1. The maximum Gasteiger partial charge on any atom is 0.224 e. The van der Waals surface area contributed by atoms with Gasteiger partial charge in [-0.25, -0.2) is 0 Å². The summed E-state index contributed by atoms with van der Waals surface area (Å²) in [7, 11) is 0. The minimum atomic E-state index is -0.398. The number of hydrogen-bond donors (Lipinski definition) is 2. The highest BCUT2D eigenvalue weighted by Gasteiger charge is 2.26. The van der Waals surface area contributed by atoms with Gasteiger partial charge in [-0.2, -0.15) is 11.8 Å². The molecule has 1 amide bonds. The predicted molar refractivity (Wildman–Crippen MR) is 65.4 cm³/mol. The smallest absolute Gasteiger partial charge is 0.224 e. The standard InChI is InChI=1S/C12H15NO2S/c14-11-8-16-7-10(11)13-12(15)6-9-4-2-1-3-5-9/h1-5,10-11,14H,6-8H2,(H,13,15)/t10-,11+/m0/s1. The number of thioether (sulfide) groups is 1. The molecule has 0 radical (unpaired) electrons. The van der Waals surface area contributed by atoms with Crippen LogP contribution < -0.4 is 5.32 Å². The SMILES string of the molecule is O=C(Cc1ccccc1)N[C@H]1CSC[C@H]1O. The zero-order valence-corrected chi connectivity index (χ0v) is 9.74. The fraction of sp³-hybridized carbons (Fsp3) is 0.417. The highest BCUT2D eigenvalue weighted by atomic mass is 32.2. The summed E-state index contributed by atoms with van der Waals surface area (Å²) in [6, 6.07) is 9.55. The van der Waals surface area contributed by atoms with Gasteiger partial charge in [-0.1, -0.05) is 30.3 Å². The van der Waals surface area contributed by atoms with E-state index in [9.17, 15) is 9.90 Å². The second-order valence-corrected chi connectivity index (χ2v) is 5.02. The molecule has 1 heterocycles. The molecule has 0 unspecified atom stereocenters. The van der Waals surface area contributed by atoms with E-state index in [1.54, 1.807) is 11.8 Å². The van der Waals surface area contributed by atoms with E-state index < -0.39 is 6.10 Å². The van der Waals surface area contributed by atoms with E-state index >= 15 is 0 Å². The van der Waals surface area contributed by atoms with Gasteiger partial charge in [-0.3, -0.25) is 4.79 Å². The Kier molecular flexibility index (Phi) is 3.85. The maximum absolute atomic E-state index is 11.7. The van der Waals surface area contributed by atoms with Crippen LogP contribution in [-0.4, -0.2) is 34.7 Å². The average Bonchev–Trinajstić information content (AvgIpc) is 2.66. The molecule has 1 aromatic rings. The molecule has 0 spiro atoms. The molecule has 16 heavy (non-hydrogen) atoms. The van der Waals surface area contributed by atoms with Crippen molar-refractivity contribution in [2.75, 3.05) is 11.5 Å². The first kappa shape index (κ1) is 11.5. The highest BCUT2D eigenvalue weighted by molar-refractivity contribution is 7.99. The van der Waals surface area contributed by atoms with Gasteiger partial charge in [0.1, 0.15) is 0 Å². The molecule has 0 aliphatic carbocycles. The Morgan fingerprint density at radius 1 is 1.38 bits per heavy atom. The van der Waals surface area contributed by atoms with Gasteiger partial charge in [-0.05, 0) is 5.56 Å². The lowest BCUT2D eigenvalue weighted by Crippen LogP contribution is -2.43. The van der Waals surface area contributed by atoms with E-state index in [4.69, 9.17) is 0 Å². The Bertz CT molecular complexity index is 355. The number of carbonyl (C=O) groups is 1. The summed E-state index contributed by atoms with van der Waals surface area (Å²) in [5, 5.41) is 12.4. The number of aliphatic hydroxyl groups excluding tert-OH is 1. The van der Waals surface area contributed by atoms with E-state index in [2.05, 4.69) is 5.32 Å². The summed E-state index contributed by atoms with van der Waals surface area (Å²) in [6.45, 7) is 0. The lowest BCUT2D eigenvalue weighted by molar-refractivity contribution is -0.121. The number of hydrogen-bond acceptors (Lipinski definition) is 3. The maximum atomic E-state index is 11.7. The normalized spacial score (nSPS) is 24.3. The van der Waals surface area contributed by atoms with Crippen LogP contribution >= 0.6 is 11.8 Å². The summed E-state index contributed by atoms with van der Waals surface area (Å²) in [5.74, 6) is 1.51. The molecule has 2 atom stereocenters. The van der Waals surface area contributed by atoms with Crippen LogP contribution in [0.4, 0.5) is 0 Å². The first-order chi connectivity index (χ1) is 7.75. The molecule has 2 rings (SSSR count). The molecule has 1 saturated heterocycles. The first-order valence-electron chi connectivity index (χ1n) is 5.35. The van der Waals surface area contributed by atoms with Crippen LogP contribution in [0.1, 0.15) is 5.56 Å². The first-order valence-corrected chi connectivity index (χ1v) is 6.50. The van der Waals surface area contributed by atoms with Crippen molar-refractivity contribution in [3.05, 3.63) is 35.9 Å². The second-order valence-electron chi connectivity index (χ2n) is 3.94. The third-order valence-electron chi connectivity index (χ3n) is 2.60. The molecule has 2 N–H and O–H groups in total. The molecule has 3 nitrogen and oxygen atoms in total. The molecule has 1 fully saturated rings. The summed E-state index contributed by atoms with van der Waals surface area (Å²) in [4.78, 5) is 11.7. The zero-order valence-electron chi connectivity index (χ0n) is 8.93. The molecule has 4 heteroatoms. The Morgan fingerprint density at radius 3 is 2.75 bits per heavy atom. The Balaban J connectivity index is 1.85. The quantitative estimate of drug-likeness (QED) is 0.818. The molecule has 0 bridgehead atoms. The third-order valence-corrected chi connectivity index (χ3v) is 3.78. The predicted octanol–water partition coefficient (Wildman–Crippen LogP) is 0.822. The summed E-state index contributed by atoms with van der Waals surface area (Å²) in [5.41, 5.74) is 1.00. The van der Waals surface area contributed by atoms with Crippen molar-refractivity contribution in [3.63, 3.8) is 0 Å². The van der Waals surface area contributed by atoms with Crippen molar-refractivity contribution in [2.24, 2.45) is 0 Å². The van der Waals surface area contributed by atoms with Gasteiger partial charge in [0, 0.05) is 11.5 Å². The molecule has 1 aliphatic rings. The lowest BCUT2D eigenvalue weighted by atomic mass is 10.1. The van der Waals surface area contributed by atoms with Gasteiger partial charge >= 0.3 is 0 Å². The summed E-state index contributed by atoms with van der Waals surface area (Å²) in [6.07, 6.45) is -0.0147. The number of carbonyl (C=O) groups excluding carboxylic acids is 1. The fourth-order valence-electron chi connectivity index (χ4n) is 1.72. The van der Waals surface area contributed by atoms with Crippen LogP contribution in [0.3, 0.4) is 0 Å². The molecule has 86 valence electrons. The molecule has 0 aromatic heterocycles. The van der Waals surface area contributed by atoms with Crippen molar-refractivity contribution < 1.29 is 9.90 Å². The van der Waals surface area contributed by atoms with E-state index in [0.29, 0.717) is 6.42 Å². The Hall–Kier alpha value is -1.00. The largest absolute Gasteiger partial charge is 0.390 e. The third kappa shape index (κ3) is 3.00. The molecular formula is C12H15NO2S. The van der Waals surface area contributed by atoms with Gasteiger partial charge in [0.25, 0.3) is 0 Å². The van der Waals surface area contributed by atoms with Gasteiger partial charge in [0.05, 0.1) is 18.6 Å². The summed E-state index contributed by atoms with van der Waals surface area (Å²) < 4.78 is 0. The fourth-order valence-corrected chi connectivity index (χ4v) is 2.89. The van der Waals surface area contributed by atoms with Crippen LogP contribution in [-0.2, 0) is 11.2 Å². The van der Waals surface area contributed by atoms with Crippen LogP contribution in [0.2, 0.25) is 0 Å². The molecule has 1 aliphatic heterocycles. The van der Waals surface area contributed by atoms with Crippen molar-refractivity contribution in [1.29, 1.82) is 0 Å². The molecule has 1 aromatic carbocycles. The number of nitrogens with one attached hydrogen (secondary N) is 1. The number of benzene rings is 1. The summed E-state index contributed by atoms with van der Waals surface area (Å²) >= 11 is 1.67. The van der Waals surface area contributed by atoms with Crippen molar-refractivity contribution in [2.45, 2.75) is 18.6 Å². The minimum absolute atomic E-state index is 0.0160. The Labute approximate surface area is 99.2 Å². The van der Waals surface area contributed by atoms with E-state index in [0.717, 1.165) is 17.1 Å². The van der Waals surface area contributed by atoms with Crippen LogP contribution in [0.15, 0.2) is 30.3 Å². The van der Waals surface area contributed by atoms with Gasteiger partial charge in [0.15, 0.2) is 0 Å². The van der Waals surface area contributed by atoms with E-state index in [1.807, 2.05) is 30.3 Å². The number of rotatable bonds is 3.